The molecule has 0 saturated heterocycles. The Balaban J connectivity index is 2.19. The minimum absolute atomic E-state index is 0.411. The van der Waals surface area contributed by atoms with E-state index < -0.39 is 0 Å². The minimum atomic E-state index is 0.411. The van der Waals surface area contributed by atoms with E-state index in [-0.39, 0.29) is 0 Å². The predicted molar refractivity (Wildman–Crippen MR) is 76.0 cm³/mol. The van der Waals surface area contributed by atoms with Crippen LogP contribution < -0.4 is 10.5 Å². The second-order valence-electron chi connectivity index (χ2n) is 4.43. The van der Waals surface area contributed by atoms with Gasteiger partial charge in [-0.25, -0.2) is 4.98 Å². The molecule has 0 unspecified atom stereocenters. The van der Waals surface area contributed by atoms with Gasteiger partial charge in [0.2, 0.25) is 5.88 Å². The zero-order valence-corrected chi connectivity index (χ0v) is 11.9. The molecule has 0 spiro atoms. The molecule has 1 heterocycles. The molecule has 0 radical (unpaired) electrons. The summed E-state index contributed by atoms with van der Waals surface area (Å²) in [6.07, 6.45) is 9.13. The number of unbranched alkanes of at least 4 members (excludes halogenated alkanes) is 5. The third-order valence-electron chi connectivity index (χ3n) is 2.88. The summed E-state index contributed by atoms with van der Waals surface area (Å²) in [5, 5.41) is 0.601. The van der Waals surface area contributed by atoms with Crippen molar-refractivity contribution in [2.75, 3.05) is 6.61 Å². The maximum atomic E-state index is 5.93. The quantitative estimate of drug-likeness (QED) is 0.692. The summed E-state index contributed by atoms with van der Waals surface area (Å²) in [4.78, 5) is 4.12. The highest BCUT2D eigenvalue weighted by Gasteiger charge is 2.02. The molecule has 3 nitrogen and oxygen atoms in total. The molecule has 0 amide bonds. The zero-order chi connectivity index (χ0) is 13.2. The Labute approximate surface area is 115 Å². The summed E-state index contributed by atoms with van der Waals surface area (Å²) in [5.74, 6) is 0.619. The number of halogens is 1. The molecule has 0 saturated carbocycles. The lowest BCUT2D eigenvalue weighted by Crippen LogP contribution is -2.02. The van der Waals surface area contributed by atoms with Gasteiger partial charge in [0, 0.05) is 18.8 Å². The van der Waals surface area contributed by atoms with Gasteiger partial charge >= 0.3 is 0 Å². The molecule has 0 atom stereocenters. The maximum Gasteiger partial charge on any atom is 0.213 e. The van der Waals surface area contributed by atoms with E-state index in [1.165, 1.54) is 32.1 Å². The second-order valence-corrected chi connectivity index (χ2v) is 4.84. The van der Waals surface area contributed by atoms with Crippen LogP contribution in [0.4, 0.5) is 0 Å². The van der Waals surface area contributed by atoms with Gasteiger partial charge in [-0.15, -0.1) is 0 Å². The van der Waals surface area contributed by atoms with Crippen molar-refractivity contribution < 1.29 is 4.74 Å². The van der Waals surface area contributed by atoms with Crippen molar-refractivity contribution >= 4 is 11.6 Å². The Hall–Kier alpha value is -0.800. The van der Waals surface area contributed by atoms with Crippen LogP contribution >= 0.6 is 11.6 Å². The normalized spacial score (nSPS) is 10.6. The summed E-state index contributed by atoms with van der Waals surface area (Å²) in [5.41, 5.74) is 6.45. The van der Waals surface area contributed by atoms with E-state index >= 15 is 0 Å². The first-order chi connectivity index (χ1) is 8.77. The Morgan fingerprint density at radius 2 is 1.94 bits per heavy atom. The van der Waals surface area contributed by atoms with Crippen molar-refractivity contribution in [2.45, 2.75) is 52.0 Å². The third-order valence-corrected chi connectivity index (χ3v) is 3.22. The Bertz CT molecular complexity index is 345. The van der Waals surface area contributed by atoms with Crippen LogP contribution in [-0.4, -0.2) is 11.6 Å². The average molecular weight is 271 g/mol. The van der Waals surface area contributed by atoms with Gasteiger partial charge < -0.3 is 10.5 Å². The van der Waals surface area contributed by atoms with E-state index in [0.717, 1.165) is 12.0 Å². The molecular formula is C14H23ClN2O. The fraction of sp³-hybridized carbons (Fsp3) is 0.643. The molecular weight excluding hydrogens is 248 g/mol. The van der Waals surface area contributed by atoms with Gasteiger partial charge in [-0.1, -0.05) is 50.6 Å². The molecule has 1 aromatic heterocycles. The van der Waals surface area contributed by atoms with E-state index in [0.29, 0.717) is 24.1 Å². The van der Waals surface area contributed by atoms with Crippen molar-refractivity contribution in [3.63, 3.8) is 0 Å². The molecule has 102 valence electrons. The van der Waals surface area contributed by atoms with Crippen LogP contribution in [0.3, 0.4) is 0 Å². The van der Waals surface area contributed by atoms with Crippen LogP contribution in [0.15, 0.2) is 12.3 Å². The molecule has 0 bridgehead atoms. The highest BCUT2D eigenvalue weighted by molar-refractivity contribution is 6.31. The first-order valence-electron chi connectivity index (χ1n) is 6.75. The van der Waals surface area contributed by atoms with E-state index in [4.69, 9.17) is 22.1 Å². The zero-order valence-electron chi connectivity index (χ0n) is 11.1. The van der Waals surface area contributed by atoms with E-state index in [9.17, 15) is 0 Å². The van der Waals surface area contributed by atoms with Gasteiger partial charge in [-0.2, -0.15) is 0 Å². The lowest BCUT2D eigenvalue weighted by molar-refractivity contribution is 0.293. The van der Waals surface area contributed by atoms with Gasteiger partial charge in [0.1, 0.15) is 0 Å². The number of rotatable bonds is 9. The largest absolute Gasteiger partial charge is 0.478 e. The van der Waals surface area contributed by atoms with Crippen LogP contribution in [-0.2, 0) is 6.54 Å². The molecule has 2 N–H and O–H groups in total. The number of nitrogens with two attached hydrogens (primary N) is 1. The molecule has 1 rings (SSSR count). The van der Waals surface area contributed by atoms with Crippen molar-refractivity contribution in [1.29, 1.82) is 0 Å². The standard InChI is InChI=1S/C14H23ClN2O/c1-2-3-4-5-6-7-8-18-14-9-12(10-16)13(15)11-17-14/h9,11H,2-8,10,16H2,1H3. The van der Waals surface area contributed by atoms with Crippen LogP contribution in [0.25, 0.3) is 0 Å². The molecule has 18 heavy (non-hydrogen) atoms. The second kappa shape index (κ2) is 9.17. The van der Waals surface area contributed by atoms with Crippen LogP contribution in [0.1, 0.15) is 51.0 Å². The summed E-state index contributed by atoms with van der Waals surface area (Å²) in [6.45, 7) is 3.35. The van der Waals surface area contributed by atoms with Crippen molar-refractivity contribution in [1.82, 2.24) is 4.98 Å². The lowest BCUT2D eigenvalue weighted by atomic mass is 10.1. The van der Waals surface area contributed by atoms with Gasteiger partial charge in [0.25, 0.3) is 0 Å². The molecule has 0 aliphatic carbocycles. The number of ether oxygens (including phenoxy) is 1. The molecule has 1 aromatic rings. The molecule has 0 fully saturated rings. The van der Waals surface area contributed by atoms with Crippen molar-refractivity contribution in [2.24, 2.45) is 5.73 Å². The summed E-state index contributed by atoms with van der Waals surface area (Å²) in [7, 11) is 0. The van der Waals surface area contributed by atoms with Gasteiger partial charge in [0.15, 0.2) is 0 Å². The van der Waals surface area contributed by atoms with Crippen molar-refractivity contribution in [3.8, 4) is 5.88 Å². The number of aromatic nitrogens is 1. The molecule has 4 heteroatoms. The number of hydrogen-bond acceptors (Lipinski definition) is 3. The number of pyridine rings is 1. The number of nitrogens with zero attached hydrogens (tertiary/aromatic N) is 1. The molecule has 0 aromatic carbocycles. The van der Waals surface area contributed by atoms with Crippen LogP contribution in [0.2, 0.25) is 5.02 Å². The van der Waals surface area contributed by atoms with E-state index in [1.54, 1.807) is 6.20 Å². The van der Waals surface area contributed by atoms with Gasteiger partial charge in [0.05, 0.1) is 11.6 Å². The summed E-state index contributed by atoms with van der Waals surface area (Å²) < 4.78 is 5.58. The van der Waals surface area contributed by atoms with Gasteiger partial charge in [-0.05, 0) is 12.0 Å². The van der Waals surface area contributed by atoms with Gasteiger partial charge in [-0.3, -0.25) is 0 Å². The molecule has 0 aliphatic rings. The molecule has 0 aliphatic heterocycles. The van der Waals surface area contributed by atoms with Crippen molar-refractivity contribution in [3.05, 3.63) is 22.8 Å². The van der Waals surface area contributed by atoms with Crippen LogP contribution in [0.5, 0.6) is 5.88 Å². The minimum Gasteiger partial charge on any atom is -0.478 e. The monoisotopic (exact) mass is 270 g/mol. The van der Waals surface area contributed by atoms with E-state index in [1.807, 2.05) is 6.07 Å². The smallest absolute Gasteiger partial charge is 0.213 e. The fourth-order valence-electron chi connectivity index (χ4n) is 1.75. The topological polar surface area (TPSA) is 48.1 Å². The SMILES string of the molecule is CCCCCCCCOc1cc(CN)c(Cl)cn1. The Morgan fingerprint density at radius 3 is 2.67 bits per heavy atom. The lowest BCUT2D eigenvalue weighted by Gasteiger charge is -2.07. The summed E-state index contributed by atoms with van der Waals surface area (Å²) >= 11 is 5.93. The highest BCUT2D eigenvalue weighted by atomic mass is 35.5. The Kier molecular flexibility index (Phi) is 7.78. The van der Waals surface area contributed by atoms with E-state index in [2.05, 4.69) is 11.9 Å². The third kappa shape index (κ3) is 5.69. The van der Waals surface area contributed by atoms with Crippen LogP contribution in [0, 0.1) is 0 Å². The predicted octanol–water partition coefficient (Wildman–Crippen LogP) is 3.93. The average Bonchev–Trinajstić information content (AvgIpc) is 2.39. The number of hydrogen-bond donors (Lipinski definition) is 1. The highest BCUT2D eigenvalue weighted by Crippen LogP contribution is 2.18. The fourth-order valence-corrected chi connectivity index (χ4v) is 1.93. The maximum absolute atomic E-state index is 5.93. The first kappa shape index (κ1) is 15.3. The Morgan fingerprint density at radius 1 is 1.22 bits per heavy atom. The first-order valence-corrected chi connectivity index (χ1v) is 7.13. The summed E-state index contributed by atoms with van der Waals surface area (Å²) in [6, 6.07) is 1.82.